The van der Waals surface area contributed by atoms with Crippen LogP contribution in [0.3, 0.4) is 0 Å². The van der Waals surface area contributed by atoms with Crippen LogP contribution >= 0.6 is 0 Å². The normalized spacial score (nSPS) is 24.4. The van der Waals surface area contributed by atoms with Crippen LogP contribution in [0.5, 0.6) is 0 Å². The average molecular weight is 631 g/mol. The molecule has 48 heavy (non-hydrogen) atoms. The summed E-state index contributed by atoms with van der Waals surface area (Å²) in [5, 5.41) is 11.8. The molecule has 1 heterocycles. The minimum absolute atomic E-state index is 0.112. The van der Waals surface area contributed by atoms with E-state index in [0.29, 0.717) is 22.3 Å². The van der Waals surface area contributed by atoms with Gasteiger partial charge in [-0.3, -0.25) is 24.5 Å². The molecule has 1 saturated heterocycles. The van der Waals surface area contributed by atoms with Gasteiger partial charge in [0.1, 0.15) is 0 Å². The first-order valence-electron chi connectivity index (χ1n) is 15.9. The predicted octanol–water partition coefficient (Wildman–Crippen LogP) is 7.40. The zero-order valence-electron chi connectivity index (χ0n) is 26.3. The number of nitrogens with zero attached hydrogens (tertiary/aromatic N) is 2. The van der Waals surface area contributed by atoms with Gasteiger partial charge in [0.05, 0.1) is 33.3 Å². The summed E-state index contributed by atoms with van der Waals surface area (Å²) in [6.07, 6.45) is 0. The summed E-state index contributed by atoms with van der Waals surface area (Å²) < 4.78 is 0. The molecule has 234 valence electrons. The van der Waals surface area contributed by atoms with Gasteiger partial charge in [-0.25, -0.2) is 4.90 Å². The average Bonchev–Trinajstić information content (AvgIpc) is 3.62. The van der Waals surface area contributed by atoms with Crippen LogP contribution in [-0.2, 0) is 25.2 Å². The van der Waals surface area contributed by atoms with Gasteiger partial charge < -0.3 is 0 Å². The van der Waals surface area contributed by atoms with Crippen LogP contribution in [0.15, 0.2) is 133 Å². The number of hydrogen-bond donors (Lipinski definition) is 0. The highest BCUT2D eigenvalue weighted by atomic mass is 16.6. The Bertz CT molecular complexity index is 2060. The van der Waals surface area contributed by atoms with E-state index in [1.807, 2.05) is 123 Å². The summed E-state index contributed by atoms with van der Waals surface area (Å²) in [5.74, 6) is -3.52. The van der Waals surface area contributed by atoms with Crippen molar-refractivity contribution < 1.29 is 19.3 Å². The van der Waals surface area contributed by atoms with Gasteiger partial charge in [-0.15, -0.1) is 0 Å². The van der Waals surface area contributed by atoms with Gasteiger partial charge >= 0.3 is 0 Å². The van der Waals surface area contributed by atoms with Crippen molar-refractivity contribution in [1.82, 2.24) is 0 Å². The number of carbonyl (C=O) groups excluding carboxylic acids is 3. The topological polar surface area (TPSA) is 97.6 Å². The maximum atomic E-state index is 16.0. The zero-order valence-corrected chi connectivity index (χ0v) is 26.3. The number of imide groups is 1. The lowest BCUT2D eigenvalue weighted by molar-refractivity contribution is -0.384. The number of anilines is 1. The summed E-state index contributed by atoms with van der Waals surface area (Å²) in [6.45, 7) is 3.99. The SMILES string of the molecule is Cc1ccc(C2=C(c3ccc(C)cc3)[C@@]3(c4ccccc4)C(=O)[C@@]2(c2ccccc2)[C@@H]2C(=O)N(c4cccc([N+](=O)[O-])c4)C(=O)[C@@H]23)cc1. The van der Waals surface area contributed by atoms with Crippen molar-refractivity contribution >= 4 is 40.1 Å². The van der Waals surface area contributed by atoms with Gasteiger partial charge in [0.15, 0.2) is 5.78 Å². The van der Waals surface area contributed by atoms with Gasteiger partial charge in [-0.2, -0.15) is 0 Å². The second kappa shape index (κ2) is 10.5. The standard InChI is InChI=1S/C41H30N2O5/c1-25-16-20-27(21-17-25)33-34(28-22-18-26(2)19-23-28)41(30-12-7-4-8-13-30)36-35(40(33,39(41)46)29-10-5-3-6-11-29)37(44)42(38(36)45)31-14-9-15-32(24-31)43(47)48/h3-24,35-36H,1-2H3/t35-,36+,40-,41-/m1/s1. The molecule has 1 saturated carbocycles. The van der Waals surface area contributed by atoms with Crippen LogP contribution in [-0.4, -0.2) is 22.5 Å². The molecule has 2 bridgehead atoms. The smallest absolute Gasteiger partial charge is 0.271 e. The molecule has 4 atom stereocenters. The van der Waals surface area contributed by atoms with Crippen LogP contribution in [0.2, 0.25) is 0 Å². The van der Waals surface area contributed by atoms with Crippen LogP contribution in [0.25, 0.3) is 11.1 Å². The molecule has 2 amide bonds. The Balaban J connectivity index is 1.54. The second-order valence-electron chi connectivity index (χ2n) is 12.9. The highest BCUT2D eigenvalue weighted by molar-refractivity contribution is 6.39. The molecule has 3 aliphatic rings. The number of rotatable bonds is 6. The first-order chi connectivity index (χ1) is 23.2. The monoisotopic (exact) mass is 630 g/mol. The van der Waals surface area contributed by atoms with Crippen LogP contribution in [0, 0.1) is 35.8 Å². The molecule has 5 aromatic rings. The Kier molecular flexibility index (Phi) is 6.47. The molecule has 7 heteroatoms. The van der Waals surface area contributed by atoms with Crippen molar-refractivity contribution in [2.24, 2.45) is 11.8 Å². The van der Waals surface area contributed by atoms with E-state index < -0.39 is 39.4 Å². The van der Waals surface area contributed by atoms with Crippen LogP contribution in [0.1, 0.15) is 33.4 Å². The number of hydrogen-bond acceptors (Lipinski definition) is 5. The molecule has 1 aliphatic heterocycles. The van der Waals surface area contributed by atoms with E-state index in [1.54, 1.807) is 0 Å². The molecule has 0 unspecified atom stereocenters. The van der Waals surface area contributed by atoms with Gasteiger partial charge in [-0.05, 0) is 53.3 Å². The molecule has 2 fully saturated rings. The molecular formula is C41H30N2O5. The van der Waals surface area contributed by atoms with Gasteiger partial charge in [0.2, 0.25) is 11.8 Å². The van der Waals surface area contributed by atoms with E-state index in [9.17, 15) is 10.1 Å². The van der Waals surface area contributed by atoms with E-state index in [0.717, 1.165) is 27.2 Å². The third-order valence-corrected chi connectivity index (χ3v) is 10.4. The first-order valence-corrected chi connectivity index (χ1v) is 15.9. The number of nitro groups is 1. The van der Waals surface area contributed by atoms with E-state index in [-0.39, 0.29) is 17.2 Å². The van der Waals surface area contributed by atoms with Crippen molar-refractivity contribution in [3.8, 4) is 0 Å². The number of fused-ring (bicyclic) bond motifs is 5. The largest absolute Gasteiger partial charge is 0.297 e. The molecular weight excluding hydrogens is 600 g/mol. The number of benzene rings is 5. The number of aryl methyl sites for hydroxylation is 2. The van der Waals surface area contributed by atoms with E-state index in [2.05, 4.69) is 0 Å². The fourth-order valence-electron chi connectivity index (χ4n) is 8.56. The molecule has 0 N–H and O–H groups in total. The third-order valence-electron chi connectivity index (χ3n) is 10.4. The summed E-state index contributed by atoms with van der Waals surface area (Å²) in [6, 6.07) is 40.1. The van der Waals surface area contributed by atoms with E-state index >= 15 is 14.4 Å². The maximum Gasteiger partial charge on any atom is 0.271 e. The van der Waals surface area contributed by atoms with Gasteiger partial charge in [-0.1, -0.05) is 126 Å². The van der Waals surface area contributed by atoms with Crippen molar-refractivity contribution in [3.05, 3.63) is 177 Å². The molecule has 5 aromatic carbocycles. The van der Waals surface area contributed by atoms with Crippen molar-refractivity contribution in [1.29, 1.82) is 0 Å². The Labute approximate surface area is 277 Å². The summed E-state index contributed by atoms with van der Waals surface area (Å²) in [5.41, 5.74) is 3.11. The van der Waals surface area contributed by atoms with Crippen molar-refractivity contribution in [3.63, 3.8) is 0 Å². The van der Waals surface area contributed by atoms with Crippen LogP contribution < -0.4 is 4.90 Å². The first kappa shape index (κ1) is 29.5. The minimum Gasteiger partial charge on any atom is -0.297 e. The fourth-order valence-corrected chi connectivity index (χ4v) is 8.56. The lowest BCUT2D eigenvalue weighted by Crippen LogP contribution is -2.45. The quantitative estimate of drug-likeness (QED) is 0.111. The van der Waals surface area contributed by atoms with Crippen LogP contribution in [0.4, 0.5) is 11.4 Å². The van der Waals surface area contributed by atoms with E-state index in [4.69, 9.17) is 0 Å². The predicted molar refractivity (Wildman–Crippen MR) is 183 cm³/mol. The molecule has 0 spiro atoms. The Hall–Kier alpha value is -5.95. The van der Waals surface area contributed by atoms with Gasteiger partial charge in [0, 0.05) is 12.1 Å². The highest BCUT2D eigenvalue weighted by Crippen LogP contribution is 2.74. The molecule has 7 nitrogen and oxygen atoms in total. The number of allylic oxidation sites excluding steroid dienone is 2. The Morgan fingerprint density at radius 1 is 0.583 bits per heavy atom. The second-order valence-corrected chi connectivity index (χ2v) is 12.9. The number of ketones is 1. The number of nitro benzene ring substituents is 1. The maximum absolute atomic E-state index is 16.0. The Morgan fingerprint density at radius 2 is 1.02 bits per heavy atom. The number of carbonyl (C=O) groups is 3. The molecule has 8 rings (SSSR count). The molecule has 0 aromatic heterocycles. The molecule has 2 aliphatic carbocycles. The highest BCUT2D eigenvalue weighted by Gasteiger charge is 2.82. The number of non-ortho nitro benzene ring substituents is 1. The van der Waals surface area contributed by atoms with Crippen molar-refractivity contribution in [2.45, 2.75) is 24.7 Å². The zero-order chi connectivity index (χ0) is 33.4. The summed E-state index contributed by atoms with van der Waals surface area (Å²) in [7, 11) is 0. The lowest BCUT2D eigenvalue weighted by Gasteiger charge is -2.39. The minimum atomic E-state index is -1.54. The number of Topliss-reactive ketones (excluding diaryl/α,β-unsaturated/α-hetero) is 1. The van der Waals surface area contributed by atoms with Crippen molar-refractivity contribution in [2.75, 3.05) is 4.90 Å². The lowest BCUT2D eigenvalue weighted by atomic mass is 9.59. The van der Waals surface area contributed by atoms with Gasteiger partial charge in [0.25, 0.3) is 5.69 Å². The molecule has 0 radical (unpaired) electrons. The Morgan fingerprint density at radius 3 is 1.44 bits per heavy atom. The summed E-state index contributed by atoms with van der Waals surface area (Å²) >= 11 is 0. The number of amides is 2. The van der Waals surface area contributed by atoms with E-state index in [1.165, 1.54) is 24.3 Å². The summed E-state index contributed by atoms with van der Waals surface area (Å²) in [4.78, 5) is 58.3. The third kappa shape index (κ3) is 3.72. The fraction of sp³-hybridized carbons (Fsp3) is 0.146.